The molecule has 6 heteroatoms. The number of benzene rings is 1. The molecule has 0 unspecified atom stereocenters. The van der Waals surface area contributed by atoms with Gasteiger partial charge in [0.05, 0.1) is 5.41 Å². The monoisotopic (exact) mass is 288 g/mol. The molecule has 2 aliphatic rings. The van der Waals surface area contributed by atoms with Gasteiger partial charge in [-0.3, -0.25) is 14.4 Å². The maximum absolute atomic E-state index is 11.9. The zero-order chi connectivity index (χ0) is 15.0. The second kappa shape index (κ2) is 4.87. The van der Waals surface area contributed by atoms with E-state index in [-0.39, 0.29) is 11.8 Å². The van der Waals surface area contributed by atoms with Gasteiger partial charge in [-0.1, -0.05) is 12.1 Å². The van der Waals surface area contributed by atoms with Crippen molar-refractivity contribution in [1.29, 1.82) is 0 Å². The average molecular weight is 288 g/mol. The first-order valence-corrected chi connectivity index (χ1v) is 6.95. The number of carbonyl (C=O) groups excluding carboxylic acids is 2. The standard InChI is InChI=1S/C15H16N2O4/c18-12-6-5-11(17-12)13(19)16-10-3-1-9(2-4-10)15(7-8-15)14(20)21/h1-4,11H,5-8H2,(H,16,19)(H,17,18)(H,20,21)/t11-/m0/s1. The Hall–Kier alpha value is -2.37. The van der Waals surface area contributed by atoms with Crippen LogP contribution in [0.2, 0.25) is 0 Å². The van der Waals surface area contributed by atoms with Gasteiger partial charge in [0.2, 0.25) is 11.8 Å². The van der Waals surface area contributed by atoms with Crippen LogP contribution in [-0.2, 0) is 19.8 Å². The number of aliphatic carboxylic acids is 1. The summed E-state index contributed by atoms with van der Waals surface area (Å²) in [6.45, 7) is 0. The van der Waals surface area contributed by atoms with Gasteiger partial charge in [-0.05, 0) is 37.0 Å². The lowest BCUT2D eigenvalue weighted by Crippen LogP contribution is -2.37. The Kier molecular flexibility index (Phi) is 3.16. The molecule has 1 aliphatic heterocycles. The highest BCUT2D eigenvalue weighted by Gasteiger charge is 2.51. The van der Waals surface area contributed by atoms with E-state index in [9.17, 15) is 19.5 Å². The normalized spacial score (nSPS) is 22.5. The summed E-state index contributed by atoms with van der Waals surface area (Å²) in [5.41, 5.74) is 0.635. The largest absolute Gasteiger partial charge is 0.481 e. The van der Waals surface area contributed by atoms with E-state index in [2.05, 4.69) is 10.6 Å². The van der Waals surface area contributed by atoms with E-state index in [1.54, 1.807) is 24.3 Å². The third-order valence-electron chi connectivity index (χ3n) is 4.18. The predicted molar refractivity (Wildman–Crippen MR) is 74.8 cm³/mol. The summed E-state index contributed by atoms with van der Waals surface area (Å²) in [4.78, 5) is 34.3. The van der Waals surface area contributed by atoms with Crippen molar-refractivity contribution < 1.29 is 19.5 Å². The van der Waals surface area contributed by atoms with Crippen LogP contribution in [0.15, 0.2) is 24.3 Å². The molecule has 0 radical (unpaired) electrons. The van der Waals surface area contributed by atoms with E-state index >= 15 is 0 Å². The summed E-state index contributed by atoms with van der Waals surface area (Å²) in [5.74, 6) is -1.15. The molecule has 3 N–H and O–H groups in total. The lowest BCUT2D eigenvalue weighted by atomic mass is 9.96. The first-order valence-electron chi connectivity index (χ1n) is 6.95. The molecule has 1 atom stereocenters. The predicted octanol–water partition coefficient (Wildman–Crippen LogP) is 1.02. The lowest BCUT2D eigenvalue weighted by molar-refractivity contribution is -0.140. The van der Waals surface area contributed by atoms with Gasteiger partial charge in [0.15, 0.2) is 0 Å². The first-order chi connectivity index (χ1) is 10.0. The molecule has 1 saturated carbocycles. The van der Waals surface area contributed by atoms with Crippen molar-refractivity contribution in [3.05, 3.63) is 29.8 Å². The van der Waals surface area contributed by atoms with Crippen LogP contribution >= 0.6 is 0 Å². The van der Waals surface area contributed by atoms with E-state index < -0.39 is 17.4 Å². The van der Waals surface area contributed by atoms with Gasteiger partial charge in [0, 0.05) is 12.1 Å². The minimum Gasteiger partial charge on any atom is -0.481 e. The Balaban J connectivity index is 1.66. The SMILES string of the molecule is O=C1CC[C@@H](C(=O)Nc2ccc(C3(C(=O)O)CC3)cc2)N1. The third-order valence-corrected chi connectivity index (χ3v) is 4.18. The zero-order valence-corrected chi connectivity index (χ0v) is 11.4. The fraction of sp³-hybridized carbons (Fsp3) is 0.400. The van der Waals surface area contributed by atoms with Crippen LogP contribution in [0.25, 0.3) is 0 Å². The molecule has 0 aromatic heterocycles. The molecule has 0 spiro atoms. The Morgan fingerprint density at radius 3 is 2.38 bits per heavy atom. The number of hydrogen-bond donors (Lipinski definition) is 3. The van der Waals surface area contributed by atoms with Crippen LogP contribution < -0.4 is 10.6 Å². The fourth-order valence-electron chi connectivity index (χ4n) is 2.66. The maximum Gasteiger partial charge on any atom is 0.314 e. The molecule has 1 saturated heterocycles. The van der Waals surface area contributed by atoms with Crippen LogP contribution in [0, 0.1) is 0 Å². The van der Waals surface area contributed by atoms with Crippen molar-refractivity contribution in [3.63, 3.8) is 0 Å². The molecule has 110 valence electrons. The summed E-state index contributed by atoms with van der Waals surface area (Å²) in [6.07, 6.45) is 2.19. The zero-order valence-electron chi connectivity index (χ0n) is 11.4. The molecular weight excluding hydrogens is 272 g/mol. The van der Waals surface area contributed by atoms with Crippen molar-refractivity contribution in [2.24, 2.45) is 0 Å². The van der Waals surface area contributed by atoms with Crippen molar-refractivity contribution >= 4 is 23.5 Å². The number of carboxylic acids is 1. The number of amides is 2. The smallest absolute Gasteiger partial charge is 0.314 e. The van der Waals surface area contributed by atoms with E-state index in [0.717, 1.165) is 5.56 Å². The fourth-order valence-corrected chi connectivity index (χ4v) is 2.66. The Labute approximate surface area is 121 Å². The van der Waals surface area contributed by atoms with E-state index in [1.807, 2.05) is 0 Å². The lowest BCUT2D eigenvalue weighted by Gasteiger charge is -2.13. The number of nitrogens with one attached hydrogen (secondary N) is 2. The van der Waals surface area contributed by atoms with Crippen molar-refractivity contribution in [1.82, 2.24) is 5.32 Å². The number of anilines is 1. The Morgan fingerprint density at radius 1 is 1.24 bits per heavy atom. The summed E-state index contributed by atoms with van der Waals surface area (Å²) in [5, 5.41) is 14.6. The van der Waals surface area contributed by atoms with Crippen molar-refractivity contribution in [2.45, 2.75) is 37.1 Å². The van der Waals surface area contributed by atoms with Gasteiger partial charge in [-0.25, -0.2) is 0 Å². The summed E-state index contributed by atoms with van der Waals surface area (Å²) >= 11 is 0. The maximum atomic E-state index is 11.9. The first kappa shape index (κ1) is 13.6. The van der Waals surface area contributed by atoms with E-state index in [4.69, 9.17) is 0 Å². The highest BCUT2D eigenvalue weighted by Crippen LogP contribution is 2.48. The summed E-state index contributed by atoms with van der Waals surface area (Å²) < 4.78 is 0. The third kappa shape index (κ3) is 2.49. The number of hydrogen-bond acceptors (Lipinski definition) is 3. The average Bonchev–Trinajstić information content (AvgIpc) is 3.16. The second-order valence-electron chi connectivity index (χ2n) is 5.61. The highest BCUT2D eigenvalue weighted by molar-refractivity contribution is 5.99. The van der Waals surface area contributed by atoms with Crippen molar-refractivity contribution in [3.8, 4) is 0 Å². The van der Waals surface area contributed by atoms with Gasteiger partial charge in [-0.15, -0.1) is 0 Å². The summed E-state index contributed by atoms with van der Waals surface area (Å²) in [6, 6.07) is 6.40. The van der Waals surface area contributed by atoms with E-state index in [0.29, 0.717) is 31.4 Å². The summed E-state index contributed by atoms with van der Waals surface area (Å²) in [7, 11) is 0. The second-order valence-corrected chi connectivity index (χ2v) is 5.61. The van der Waals surface area contributed by atoms with Gasteiger partial charge in [0.25, 0.3) is 0 Å². The Morgan fingerprint density at radius 2 is 1.90 bits per heavy atom. The molecule has 1 aliphatic carbocycles. The van der Waals surface area contributed by atoms with Crippen LogP contribution in [-0.4, -0.2) is 28.9 Å². The van der Waals surface area contributed by atoms with Gasteiger partial charge < -0.3 is 15.7 Å². The van der Waals surface area contributed by atoms with Crippen LogP contribution in [0.1, 0.15) is 31.2 Å². The molecule has 2 amide bonds. The molecular formula is C15H16N2O4. The molecule has 1 aromatic carbocycles. The molecule has 2 fully saturated rings. The molecule has 3 rings (SSSR count). The molecule has 1 heterocycles. The molecule has 6 nitrogen and oxygen atoms in total. The minimum absolute atomic E-state index is 0.109. The topological polar surface area (TPSA) is 95.5 Å². The van der Waals surface area contributed by atoms with Gasteiger partial charge in [0.1, 0.15) is 6.04 Å². The van der Waals surface area contributed by atoms with Crippen LogP contribution in [0.3, 0.4) is 0 Å². The molecule has 21 heavy (non-hydrogen) atoms. The minimum atomic E-state index is -0.798. The highest BCUT2D eigenvalue weighted by atomic mass is 16.4. The number of rotatable bonds is 4. The Bertz CT molecular complexity index is 605. The van der Waals surface area contributed by atoms with Gasteiger partial charge in [-0.2, -0.15) is 0 Å². The molecule has 0 bridgehead atoms. The number of carboxylic acid groups (broad SMARTS) is 1. The van der Waals surface area contributed by atoms with Crippen molar-refractivity contribution in [2.75, 3.05) is 5.32 Å². The van der Waals surface area contributed by atoms with Crippen LogP contribution in [0.5, 0.6) is 0 Å². The molecule has 1 aromatic rings. The number of carbonyl (C=O) groups is 3. The van der Waals surface area contributed by atoms with E-state index in [1.165, 1.54) is 0 Å². The van der Waals surface area contributed by atoms with Crippen LogP contribution in [0.4, 0.5) is 5.69 Å². The quantitative estimate of drug-likeness (QED) is 0.770. The van der Waals surface area contributed by atoms with Gasteiger partial charge >= 0.3 is 5.97 Å².